The van der Waals surface area contributed by atoms with Crippen molar-refractivity contribution < 1.29 is 0 Å². The summed E-state index contributed by atoms with van der Waals surface area (Å²) in [5.74, 6) is 0. The van der Waals surface area contributed by atoms with Crippen LogP contribution < -0.4 is 10.2 Å². The van der Waals surface area contributed by atoms with Crippen LogP contribution in [0.4, 0.5) is 5.69 Å². The number of hydrogen-bond acceptors (Lipinski definition) is 3. The summed E-state index contributed by atoms with van der Waals surface area (Å²) in [7, 11) is 0. The quantitative estimate of drug-likeness (QED) is 0.814. The van der Waals surface area contributed by atoms with Crippen molar-refractivity contribution in [1.29, 1.82) is 0 Å². The molecule has 3 rings (SSSR count). The van der Waals surface area contributed by atoms with Gasteiger partial charge in [-0.25, -0.2) is 0 Å². The highest BCUT2D eigenvalue weighted by Crippen LogP contribution is 2.38. The van der Waals surface area contributed by atoms with Crippen LogP contribution in [-0.4, -0.2) is 36.0 Å². The molecule has 1 saturated heterocycles. The zero-order valence-electron chi connectivity index (χ0n) is 10.2. The number of aromatic nitrogens is 2. The second kappa shape index (κ2) is 3.77. The summed E-state index contributed by atoms with van der Waals surface area (Å²) in [6.45, 7) is 8.76. The van der Waals surface area contributed by atoms with Crippen LogP contribution in [0.15, 0.2) is 0 Å². The van der Waals surface area contributed by atoms with Gasteiger partial charge in [-0.1, -0.05) is 0 Å². The van der Waals surface area contributed by atoms with Gasteiger partial charge in [0.1, 0.15) is 0 Å². The van der Waals surface area contributed by atoms with Crippen molar-refractivity contribution in [3.8, 4) is 0 Å². The summed E-state index contributed by atoms with van der Waals surface area (Å²) in [5.41, 5.74) is 3.95. The van der Waals surface area contributed by atoms with Crippen molar-refractivity contribution >= 4 is 5.69 Å². The van der Waals surface area contributed by atoms with E-state index in [1.807, 2.05) is 0 Å². The first-order valence-corrected chi connectivity index (χ1v) is 6.29. The van der Waals surface area contributed by atoms with Crippen molar-refractivity contribution in [3.05, 3.63) is 11.4 Å². The molecule has 2 fully saturated rings. The Hall–Kier alpha value is -1.03. The minimum atomic E-state index is 0.690. The van der Waals surface area contributed by atoms with Crippen molar-refractivity contribution in [1.82, 2.24) is 15.1 Å². The van der Waals surface area contributed by atoms with Gasteiger partial charge in [0.25, 0.3) is 0 Å². The summed E-state index contributed by atoms with van der Waals surface area (Å²) in [6, 6.07) is 0.690. The van der Waals surface area contributed by atoms with Gasteiger partial charge in [-0.15, -0.1) is 0 Å². The molecule has 0 atom stereocenters. The van der Waals surface area contributed by atoms with Crippen molar-refractivity contribution in [3.63, 3.8) is 0 Å². The molecule has 0 unspecified atom stereocenters. The molecule has 0 amide bonds. The zero-order chi connectivity index (χ0) is 11.1. The largest absolute Gasteiger partial charge is 0.366 e. The van der Waals surface area contributed by atoms with Crippen LogP contribution in [0, 0.1) is 13.8 Å². The SMILES string of the molecule is Cc1nn(C2CC2)c(C)c1N1CCNCC1. The molecule has 1 saturated carbocycles. The fourth-order valence-electron chi connectivity index (χ4n) is 2.67. The highest BCUT2D eigenvalue weighted by molar-refractivity contribution is 5.55. The molecule has 1 N–H and O–H groups in total. The Morgan fingerprint density at radius 2 is 1.88 bits per heavy atom. The van der Waals surface area contributed by atoms with E-state index in [9.17, 15) is 0 Å². The molecular formula is C12H20N4. The minimum absolute atomic E-state index is 0.690. The second-order valence-electron chi connectivity index (χ2n) is 4.93. The molecule has 4 nitrogen and oxygen atoms in total. The molecule has 1 aromatic rings. The number of piperazine rings is 1. The van der Waals surface area contributed by atoms with E-state index in [1.54, 1.807) is 0 Å². The minimum Gasteiger partial charge on any atom is -0.366 e. The molecule has 0 spiro atoms. The van der Waals surface area contributed by atoms with Gasteiger partial charge in [0.2, 0.25) is 0 Å². The third-order valence-electron chi connectivity index (χ3n) is 3.61. The second-order valence-corrected chi connectivity index (χ2v) is 4.93. The Bertz CT molecular complexity index is 386. The van der Waals surface area contributed by atoms with Gasteiger partial charge in [-0.3, -0.25) is 4.68 Å². The Morgan fingerprint density at radius 3 is 2.50 bits per heavy atom. The van der Waals surface area contributed by atoms with Gasteiger partial charge < -0.3 is 10.2 Å². The number of hydrogen-bond donors (Lipinski definition) is 1. The average molecular weight is 220 g/mol. The van der Waals surface area contributed by atoms with Crippen LogP contribution in [0.2, 0.25) is 0 Å². The maximum Gasteiger partial charge on any atom is 0.0830 e. The van der Waals surface area contributed by atoms with E-state index in [0.29, 0.717) is 6.04 Å². The molecule has 0 aromatic carbocycles. The summed E-state index contributed by atoms with van der Waals surface area (Å²) < 4.78 is 2.24. The number of anilines is 1. The number of aryl methyl sites for hydroxylation is 1. The molecule has 2 aliphatic rings. The number of rotatable bonds is 2. The lowest BCUT2D eigenvalue weighted by Crippen LogP contribution is -2.43. The molecule has 16 heavy (non-hydrogen) atoms. The van der Waals surface area contributed by atoms with Crippen molar-refractivity contribution in [2.45, 2.75) is 32.7 Å². The predicted octanol–water partition coefficient (Wildman–Crippen LogP) is 1.24. The highest BCUT2D eigenvalue weighted by atomic mass is 15.4. The first kappa shape index (κ1) is 10.1. The third kappa shape index (κ3) is 1.61. The molecule has 0 radical (unpaired) electrons. The first-order valence-electron chi connectivity index (χ1n) is 6.29. The number of nitrogens with one attached hydrogen (secondary N) is 1. The summed E-state index contributed by atoms with van der Waals surface area (Å²) in [5, 5.41) is 8.10. The monoisotopic (exact) mass is 220 g/mol. The van der Waals surface area contributed by atoms with Gasteiger partial charge >= 0.3 is 0 Å². The standard InChI is InChI=1S/C12H20N4/c1-9-12(15-7-5-13-6-8-15)10(2)16(14-9)11-3-4-11/h11,13H,3-8H2,1-2H3. The van der Waals surface area contributed by atoms with Crippen LogP contribution in [0.1, 0.15) is 30.3 Å². The Labute approximate surface area is 96.6 Å². The molecule has 88 valence electrons. The van der Waals surface area contributed by atoms with E-state index >= 15 is 0 Å². The smallest absolute Gasteiger partial charge is 0.0830 e. The summed E-state index contributed by atoms with van der Waals surface area (Å²) >= 11 is 0. The molecule has 2 heterocycles. The topological polar surface area (TPSA) is 33.1 Å². The molecule has 1 aliphatic carbocycles. The van der Waals surface area contributed by atoms with E-state index < -0.39 is 0 Å². The lowest BCUT2D eigenvalue weighted by Gasteiger charge is -2.29. The molecule has 1 aromatic heterocycles. The fourth-order valence-corrected chi connectivity index (χ4v) is 2.67. The van der Waals surface area contributed by atoms with E-state index in [-0.39, 0.29) is 0 Å². The molecule has 4 heteroatoms. The lowest BCUT2D eigenvalue weighted by atomic mass is 10.2. The maximum absolute atomic E-state index is 4.70. The normalized spacial score (nSPS) is 21.5. The van der Waals surface area contributed by atoms with Gasteiger partial charge in [-0.05, 0) is 26.7 Å². The van der Waals surface area contributed by atoms with E-state index in [0.717, 1.165) is 26.2 Å². The zero-order valence-corrected chi connectivity index (χ0v) is 10.2. The van der Waals surface area contributed by atoms with Crippen molar-refractivity contribution in [2.75, 3.05) is 31.1 Å². The van der Waals surface area contributed by atoms with E-state index in [2.05, 4.69) is 28.7 Å². The van der Waals surface area contributed by atoms with Gasteiger partial charge in [0.15, 0.2) is 0 Å². The number of nitrogens with zero attached hydrogens (tertiary/aromatic N) is 3. The van der Waals surface area contributed by atoms with Crippen LogP contribution in [0.3, 0.4) is 0 Å². The van der Waals surface area contributed by atoms with Crippen LogP contribution in [0.5, 0.6) is 0 Å². The first-order chi connectivity index (χ1) is 7.77. The van der Waals surface area contributed by atoms with E-state index in [1.165, 1.54) is 29.9 Å². The molecule has 1 aliphatic heterocycles. The fraction of sp³-hybridized carbons (Fsp3) is 0.750. The highest BCUT2D eigenvalue weighted by Gasteiger charge is 2.29. The van der Waals surface area contributed by atoms with Gasteiger partial charge in [-0.2, -0.15) is 5.10 Å². The van der Waals surface area contributed by atoms with Crippen LogP contribution in [0.25, 0.3) is 0 Å². The summed E-state index contributed by atoms with van der Waals surface area (Å²) in [6.07, 6.45) is 2.62. The van der Waals surface area contributed by atoms with Crippen molar-refractivity contribution in [2.24, 2.45) is 0 Å². The molecule has 0 bridgehead atoms. The predicted molar refractivity (Wildman–Crippen MR) is 65.1 cm³/mol. The van der Waals surface area contributed by atoms with E-state index in [4.69, 9.17) is 5.10 Å². The maximum atomic E-state index is 4.70. The third-order valence-corrected chi connectivity index (χ3v) is 3.61. The Morgan fingerprint density at radius 1 is 1.19 bits per heavy atom. The van der Waals surface area contributed by atoms with Gasteiger partial charge in [0.05, 0.1) is 23.1 Å². The summed E-state index contributed by atoms with van der Waals surface area (Å²) in [4.78, 5) is 2.48. The Kier molecular flexibility index (Phi) is 2.39. The van der Waals surface area contributed by atoms with Gasteiger partial charge in [0, 0.05) is 26.2 Å². The van der Waals surface area contributed by atoms with Crippen LogP contribution >= 0.6 is 0 Å². The average Bonchev–Trinajstić information content (AvgIpc) is 3.07. The van der Waals surface area contributed by atoms with Crippen LogP contribution in [-0.2, 0) is 0 Å². The molecular weight excluding hydrogens is 200 g/mol. The lowest BCUT2D eigenvalue weighted by molar-refractivity contribution is 0.585. The Balaban J connectivity index is 1.92.